The molecule has 0 radical (unpaired) electrons. The summed E-state index contributed by atoms with van der Waals surface area (Å²) in [6.07, 6.45) is 0.409. The van der Waals surface area contributed by atoms with E-state index in [2.05, 4.69) is 37.2 Å². The molecule has 2 rings (SSSR count). The van der Waals surface area contributed by atoms with Crippen LogP contribution in [0.1, 0.15) is 10.4 Å². The topological polar surface area (TPSA) is 29.1 Å². The van der Waals surface area contributed by atoms with Crippen molar-refractivity contribution in [1.82, 2.24) is 5.32 Å². The van der Waals surface area contributed by atoms with E-state index in [1.807, 2.05) is 35.7 Å². The highest BCUT2D eigenvalue weighted by atomic mass is 79.9. The van der Waals surface area contributed by atoms with E-state index in [-0.39, 0.29) is 5.91 Å². The van der Waals surface area contributed by atoms with Gasteiger partial charge in [0, 0.05) is 19.2 Å². The summed E-state index contributed by atoms with van der Waals surface area (Å²) in [5.74, 6) is 0.0395. The highest BCUT2D eigenvalue weighted by Gasteiger charge is 2.04. The van der Waals surface area contributed by atoms with Crippen molar-refractivity contribution in [2.45, 2.75) is 13.0 Å². The van der Waals surface area contributed by atoms with Gasteiger partial charge in [-0.05, 0) is 39.7 Å². The van der Waals surface area contributed by atoms with Crippen molar-refractivity contribution in [3.8, 4) is 0 Å². The van der Waals surface area contributed by atoms with Crippen LogP contribution in [-0.2, 0) is 17.8 Å². The molecule has 0 aliphatic carbocycles. The van der Waals surface area contributed by atoms with Gasteiger partial charge in [-0.15, -0.1) is 11.3 Å². The van der Waals surface area contributed by atoms with Crippen LogP contribution in [0.5, 0.6) is 0 Å². The van der Waals surface area contributed by atoms with Gasteiger partial charge in [-0.25, -0.2) is 0 Å². The summed E-state index contributed by atoms with van der Waals surface area (Å²) in [5, 5.41) is 4.93. The quantitative estimate of drug-likeness (QED) is 0.838. The molecule has 0 unspecified atom stereocenters. The Morgan fingerprint density at radius 2 is 2.06 bits per heavy atom. The number of hydrogen-bond donors (Lipinski definition) is 1. The second-order valence-corrected chi connectivity index (χ2v) is 6.64. The van der Waals surface area contributed by atoms with Gasteiger partial charge in [-0.1, -0.05) is 28.1 Å². The molecule has 0 aliphatic heterocycles. The van der Waals surface area contributed by atoms with E-state index in [1.54, 1.807) is 11.3 Å². The average Bonchev–Trinajstić information content (AvgIpc) is 2.73. The van der Waals surface area contributed by atoms with Gasteiger partial charge in [-0.3, -0.25) is 4.79 Å². The van der Waals surface area contributed by atoms with Gasteiger partial charge in [0.2, 0.25) is 5.91 Å². The van der Waals surface area contributed by atoms with Crippen molar-refractivity contribution in [3.05, 3.63) is 55.1 Å². The van der Waals surface area contributed by atoms with Gasteiger partial charge in [0.1, 0.15) is 0 Å². The summed E-state index contributed by atoms with van der Waals surface area (Å²) in [7, 11) is 0. The molecule has 1 amide bonds. The Labute approximate surface area is 127 Å². The zero-order chi connectivity index (χ0) is 13.0. The molecule has 1 aromatic carbocycles. The maximum Gasteiger partial charge on any atom is 0.224 e. The van der Waals surface area contributed by atoms with Crippen LogP contribution in [-0.4, -0.2) is 5.91 Å². The molecule has 2 aromatic rings. The van der Waals surface area contributed by atoms with Crippen LogP contribution in [0.25, 0.3) is 0 Å². The van der Waals surface area contributed by atoms with Crippen molar-refractivity contribution in [2.24, 2.45) is 0 Å². The van der Waals surface area contributed by atoms with Crippen molar-refractivity contribution in [1.29, 1.82) is 0 Å². The third kappa shape index (κ3) is 4.23. The minimum atomic E-state index is 0.0395. The molecule has 18 heavy (non-hydrogen) atoms. The lowest BCUT2D eigenvalue weighted by molar-refractivity contribution is -0.120. The Kier molecular flexibility index (Phi) is 4.97. The second kappa shape index (κ2) is 6.50. The highest BCUT2D eigenvalue weighted by Crippen LogP contribution is 2.19. The molecule has 1 heterocycles. The maximum absolute atomic E-state index is 11.8. The molecule has 0 atom stereocenters. The van der Waals surface area contributed by atoms with E-state index in [4.69, 9.17) is 0 Å². The first-order valence-corrected chi connectivity index (χ1v) is 7.84. The third-order valence-electron chi connectivity index (χ3n) is 2.34. The van der Waals surface area contributed by atoms with Crippen LogP contribution in [0, 0.1) is 0 Å². The Balaban J connectivity index is 1.85. The summed E-state index contributed by atoms with van der Waals surface area (Å²) < 4.78 is 2.05. The average molecular weight is 389 g/mol. The summed E-state index contributed by atoms with van der Waals surface area (Å²) in [4.78, 5) is 12.9. The number of carbonyl (C=O) groups is 1. The third-order valence-corrected chi connectivity index (χ3v) is 4.53. The fourth-order valence-corrected chi connectivity index (χ4v) is 3.36. The number of rotatable bonds is 4. The number of carbonyl (C=O) groups excluding carboxylic acids is 1. The molecule has 0 saturated heterocycles. The predicted molar refractivity (Wildman–Crippen MR) is 81.7 cm³/mol. The fraction of sp³-hybridized carbons (Fsp3) is 0.154. The highest BCUT2D eigenvalue weighted by molar-refractivity contribution is 9.10. The molecular weight excluding hydrogens is 378 g/mol. The number of amides is 1. The normalized spacial score (nSPS) is 10.3. The van der Waals surface area contributed by atoms with Crippen molar-refractivity contribution in [2.75, 3.05) is 0 Å². The van der Waals surface area contributed by atoms with Crippen molar-refractivity contribution in [3.63, 3.8) is 0 Å². The maximum atomic E-state index is 11.8. The standard InChI is InChI=1S/C13H11Br2NOS/c14-10-3-1-2-9(4-10)5-13(17)16-7-12-6-11(15)8-18-12/h1-4,6,8H,5,7H2,(H,16,17). The van der Waals surface area contributed by atoms with Crippen molar-refractivity contribution < 1.29 is 4.79 Å². The van der Waals surface area contributed by atoms with Gasteiger partial charge in [0.15, 0.2) is 0 Å². The molecule has 0 aliphatic rings. The van der Waals surface area contributed by atoms with Crippen LogP contribution in [0.4, 0.5) is 0 Å². The molecule has 0 spiro atoms. The Bertz CT molecular complexity index is 553. The largest absolute Gasteiger partial charge is 0.351 e. The Morgan fingerprint density at radius 3 is 2.72 bits per heavy atom. The minimum absolute atomic E-state index is 0.0395. The molecule has 5 heteroatoms. The van der Waals surface area contributed by atoms with Gasteiger partial charge in [0.25, 0.3) is 0 Å². The van der Waals surface area contributed by atoms with Gasteiger partial charge >= 0.3 is 0 Å². The number of thiophene rings is 1. The number of nitrogens with one attached hydrogen (secondary N) is 1. The van der Waals surface area contributed by atoms with E-state index >= 15 is 0 Å². The van der Waals surface area contributed by atoms with Gasteiger partial charge < -0.3 is 5.32 Å². The lowest BCUT2D eigenvalue weighted by atomic mass is 10.1. The number of benzene rings is 1. The van der Waals surface area contributed by atoms with E-state index in [0.29, 0.717) is 13.0 Å². The summed E-state index contributed by atoms with van der Waals surface area (Å²) in [6, 6.07) is 9.81. The van der Waals surface area contributed by atoms with Crippen LogP contribution in [0.2, 0.25) is 0 Å². The van der Waals surface area contributed by atoms with Gasteiger partial charge in [-0.2, -0.15) is 0 Å². The van der Waals surface area contributed by atoms with Crippen LogP contribution in [0.3, 0.4) is 0 Å². The molecule has 0 saturated carbocycles. The first-order chi connectivity index (χ1) is 8.63. The second-order valence-electron chi connectivity index (χ2n) is 3.81. The number of halogens is 2. The van der Waals surface area contributed by atoms with Crippen molar-refractivity contribution >= 4 is 49.1 Å². The van der Waals surface area contributed by atoms with E-state index in [9.17, 15) is 4.79 Å². The Hall–Kier alpha value is -0.650. The summed E-state index contributed by atoms with van der Waals surface area (Å²) in [6.45, 7) is 0.586. The van der Waals surface area contributed by atoms with Crippen LogP contribution >= 0.6 is 43.2 Å². The molecule has 94 valence electrons. The van der Waals surface area contributed by atoms with E-state index < -0.39 is 0 Å². The molecule has 1 aromatic heterocycles. The number of hydrogen-bond acceptors (Lipinski definition) is 2. The molecular formula is C13H11Br2NOS. The smallest absolute Gasteiger partial charge is 0.224 e. The lowest BCUT2D eigenvalue weighted by Crippen LogP contribution is -2.24. The molecule has 0 fully saturated rings. The summed E-state index contributed by atoms with van der Waals surface area (Å²) in [5.41, 5.74) is 1.01. The predicted octanol–water partition coefficient (Wildman–Crippen LogP) is 4.13. The van der Waals surface area contributed by atoms with Crippen LogP contribution in [0.15, 0.2) is 44.7 Å². The SMILES string of the molecule is O=C(Cc1cccc(Br)c1)NCc1cc(Br)cs1. The molecule has 0 bridgehead atoms. The molecule has 2 nitrogen and oxygen atoms in total. The lowest BCUT2D eigenvalue weighted by Gasteiger charge is -2.04. The van der Waals surface area contributed by atoms with Gasteiger partial charge in [0.05, 0.1) is 13.0 Å². The minimum Gasteiger partial charge on any atom is -0.351 e. The van der Waals surface area contributed by atoms with E-state index in [1.165, 1.54) is 0 Å². The molecule has 1 N–H and O–H groups in total. The fourth-order valence-electron chi connectivity index (χ4n) is 1.53. The Morgan fingerprint density at radius 1 is 1.22 bits per heavy atom. The monoisotopic (exact) mass is 387 g/mol. The summed E-state index contributed by atoms with van der Waals surface area (Å²) >= 11 is 8.42. The first-order valence-electron chi connectivity index (χ1n) is 5.37. The zero-order valence-corrected chi connectivity index (χ0v) is 13.4. The van der Waals surface area contributed by atoms with Crippen LogP contribution < -0.4 is 5.32 Å². The zero-order valence-electron chi connectivity index (χ0n) is 9.45. The first kappa shape index (κ1) is 13.8. The van der Waals surface area contributed by atoms with E-state index in [0.717, 1.165) is 19.4 Å².